The van der Waals surface area contributed by atoms with E-state index in [1.807, 2.05) is 75.8 Å². The maximum absolute atomic E-state index is 11.7. The van der Waals surface area contributed by atoms with Gasteiger partial charge in [0, 0.05) is 47.0 Å². The molecule has 37 heavy (non-hydrogen) atoms. The molecule has 0 atom stereocenters. The van der Waals surface area contributed by atoms with Crippen molar-refractivity contribution in [2.45, 2.75) is 32.8 Å². The molecule has 4 heterocycles. The van der Waals surface area contributed by atoms with Crippen LogP contribution in [0.3, 0.4) is 0 Å². The summed E-state index contributed by atoms with van der Waals surface area (Å²) in [6, 6.07) is 16.1. The number of carbonyl (C=O) groups is 1. The maximum atomic E-state index is 11.7. The molecule has 8 nitrogen and oxygen atoms in total. The molecule has 5 rings (SSSR count). The standard InChI is InChI=1S/C29H29N5O3/c1-29(2,3)37-28(35)31-12-5-13-36-22-9-7-19(8-10-22)21-14-24-23-15-25(20-6-4-11-30-16-20)32-18-26(23)34-27(24)33-17-21/h4,6-11,14-18H,5,12-13H2,1-3H3,(H,31,35)(H,33,34). The van der Waals surface area contributed by atoms with Gasteiger partial charge in [-0.25, -0.2) is 9.78 Å². The number of aromatic amines is 1. The molecule has 0 aliphatic rings. The van der Waals surface area contributed by atoms with Gasteiger partial charge in [0.15, 0.2) is 0 Å². The molecule has 8 heteroatoms. The minimum absolute atomic E-state index is 0.415. The number of alkyl carbamates (subject to hydrolysis) is 1. The van der Waals surface area contributed by atoms with Crippen LogP contribution in [0.25, 0.3) is 44.3 Å². The Morgan fingerprint density at radius 3 is 2.54 bits per heavy atom. The second kappa shape index (κ2) is 10.3. The highest BCUT2D eigenvalue weighted by atomic mass is 16.6. The van der Waals surface area contributed by atoms with Crippen molar-refractivity contribution < 1.29 is 14.3 Å². The van der Waals surface area contributed by atoms with E-state index in [-0.39, 0.29) is 0 Å². The Kier molecular flexibility index (Phi) is 6.72. The maximum Gasteiger partial charge on any atom is 0.407 e. The van der Waals surface area contributed by atoms with Crippen LogP contribution in [0.5, 0.6) is 5.75 Å². The van der Waals surface area contributed by atoms with Crippen LogP contribution in [0.4, 0.5) is 4.79 Å². The third-order valence-corrected chi connectivity index (χ3v) is 5.74. The molecule has 1 amide bonds. The van der Waals surface area contributed by atoms with Crippen LogP contribution >= 0.6 is 0 Å². The number of hydrogen-bond acceptors (Lipinski definition) is 6. The summed E-state index contributed by atoms with van der Waals surface area (Å²) < 4.78 is 11.1. The van der Waals surface area contributed by atoms with E-state index in [1.54, 1.807) is 6.20 Å². The normalized spacial score (nSPS) is 11.5. The van der Waals surface area contributed by atoms with E-state index >= 15 is 0 Å². The van der Waals surface area contributed by atoms with Crippen LogP contribution in [0.1, 0.15) is 27.2 Å². The topological polar surface area (TPSA) is 102 Å². The smallest absolute Gasteiger partial charge is 0.407 e. The van der Waals surface area contributed by atoms with Gasteiger partial charge in [0.05, 0.1) is 24.0 Å². The van der Waals surface area contributed by atoms with Crippen molar-refractivity contribution in [3.63, 3.8) is 0 Å². The number of carbonyl (C=O) groups excluding carboxylic acids is 1. The molecule has 0 radical (unpaired) electrons. The highest BCUT2D eigenvalue weighted by Crippen LogP contribution is 2.31. The van der Waals surface area contributed by atoms with Crippen LogP contribution in [0.2, 0.25) is 0 Å². The fraction of sp³-hybridized carbons (Fsp3) is 0.241. The van der Waals surface area contributed by atoms with Crippen molar-refractivity contribution in [1.29, 1.82) is 0 Å². The SMILES string of the molecule is CC(C)(C)OC(=O)NCCCOc1ccc(-c2cnc3[nH]c4cnc(-c5cccnc5)cc4c3c2)cc1. The lowest BCUT2D eigenvalue weighted by molar-refractivity contribution is 0.0525. The van der Waals surface area contributed by atoms with Crippen LogP contribution in [0.15, 0.2) is 73.3 Å². The Balaban J connectivity index is 1.25. The zero-order valence-electron chi connectivity index (χ0n) is 21.1. The summed E-state index contributed by atoms with van der Waals surface area (Å²) in [6.45, 7) is 6.49. The number of H-pyrrole nitrogens is 1. The van der Waals surface area contributed by atoms with Crippen molar-refractivity contribution in [2.24, 2.45) is 0 Å². The number of pyridine rings is 3. The first-order chi connectivity index (χ1) is 17.9. The van der Waals surface area contributed by atoms with Gasteiger partial charge >= 0.3 is 6.09 Å². The Hall–Kier alpha value is -4.46. The van der Waals surface area contributed by atoms with E-state index in [0.717, 1.165) is 50.1 Å². The molecule has 0 bridgehead atoms. The number of nitrogens with one attached hydrogen (secondary N) is 2. The molecule has 0 saturated heterocycles. The lowest BCUT2D eigenvalue weighted by atomic mass is 10.1. The van der Waals surface area contributed by atoms with E-state index in [1.165, 1.54) is 0 Å². The summed E-state index contributed by atoms with van der Waals surface area (Å²) in [5.74, 6) is 0.773. The lowest BCUT2D eigenvalue weighted by Gasteiger charge is -2.19. The number of hydrogen-bond donors (Lipinski definition) is 2. The number of rotatable bonds is 7. The van der Waals surface area contributed by atoms with Gasteiger partial charge in [0.1, 0.15) is 17.0 Å². The Morgan fingerprint density at radius 2 is 1.78 bits per heavy atom. The van der Waals surface area contributed by atoms with Gasteiger partial charge in [-0.3, -0.25) is 9.97 Å². The van der Waals surface area contributed by atoms with Crippen molar-refractivity contribution in [1.82, 2.24) is 25.3 Å². The average molecular weight is 496 g/mol. The largest absolute Gasteiger partial charge is 0.494 e. The number of benzene rings is 1. The second-order valence-electron chi connectivity index (χ2n) is 9.76. The van der Waals surface area contributed by atoms with E-state index in [9.17, 15) is 4.79 Å². The summed E-state index contributed by atoms with van der Waals surface area (Å²) >= 11 is 0. The molecule has 0 fully saturated rings. The van der Waals surface area contributed by atoms with Gasteiger partial charge in [-0.15, -0.1) is 0 Å². The lowest BCUT2D eigenvalue weighted by Crippen LogP contribution is -2.33. The van der Waals surface area contributed by atoms with E-state index in [2.05, 4.69) is 37.4 Å². The molecular formula is C29H29N5O3. The van der Waals surface area contributed by atoms with Gasteiger partial charge in [-0.1, -0.05) is 12.1 Å². The van der Waals surface area contributed by atoms with Gasteiger partial charge in [0.2, 0.25) is 0 Å². The van der Waals surface area contributed by atoms with Crippen molar-refractivity contribution >= 4 is 28.0 Å². The predicted molar refractivity (Wildman–Crippen MR) is 144 cm³/mol. The molecule has 188 valence electrons. The van der Waals surface area contributed by atoms with Gasteiger partial charge < -0.3 is 19.8 Å². The highest BCUT2D eigenvalue weighted by Gasteiger charge is 2.15. The van der Waals surface area contributed by atoms with Crippen molar-refractivity contribution in [3.8, 4) is 28.1 Å². The summed E-state index contributed by atoms with van der Waals surface area (Å²) in [6.07, 6.45) is 7.54. The minimum Gasteiger partial charge on any atom is -0.494 e. The average Bonchev–Trinajstić information content (AvgIpc) is 3.25. The molecule has 0 unspecified atom stereocenters. The fourth-order valence-corrected chi connectivity index (χ4v) is 4.02. The zero-order chi connectivity index (χ0) is 25.8. The summed E-state index contributed by atoms with van der Waals surface area (Å²) in [5.41, 5.74) is 5.16. The molecule has 5 aromatic rings. The monoisotopic (exact) mass is 495 g/mol. The summed E-state index contributed by atoms with van der Waals surface area (Å²) in [4.78, 5) is 28.5. The molecule has 0 saturated carbocycles. The summed E-state index contributed by atoms with van der Waals surface area (Å²) in [5, 5.41) is 4.84. The van der Waals surface area contributed by atoms with Crippen LogP contribution in [-0.2, 0) is 4.74 Å². The Bertz CT molecular complexity index is 1520. The third kappa shape index (κ3) is 5.86. The van der Waals surface area contributed by atoms with Gasteiger partial charge in [-0.05, 0) is 69.2 Å². The van der Waals surface area contributed by atoms with Crippen LogP contribution in [-0.4, -0.2) is 44.8 Å². The quantitative estimate of drug-likeness (QED) is 0.263. The fourth-order valence-electron chi connectivity index (χ4n) is 4.02. The van der Waals surface area contributed by atoms with Crippen molar-refractivity contribution in [3.05, 3.63) is 73.3 Å². The first-order valence-electron chi connectivity index (χ1n) is 12.2. The second-order valence-corrected chi connectivity index (χ2v) is 9.76. The Morgan fingerprint density at radius 1 is 0.946 bits per heavy atom. The van der Waals surface area contributed by atoms with Gasteiger partial charge in [-0.2, -0.15) is 0 Å². The predicted octanol–water partition coefficient (Wildman–Crippen LogP) is 6.13. The number of ether oxygens (including phenoxy) is 2. The third-order valence-electron chi connectivity index (χ3n) is 5.74. The number of amides is 1. The minimum atomic E-state index is -0.503. The van der Waals surface area contributed by atoms with Crippen molar-refractivity contribution in [2.75, 3.05) is 13.2 Å². The molecule has 0 spiro atoms. The molecule has 4 aromatic heterocycles. The number of nitrogens with zero attached hydrogens (tertiary/aromatic N) is 3. The number of aromatic nitrogens is 4. The first kappa shape index (κ1) is 24.2. The van der Waals surface area contributed by atoms with Crippen LogP contribution < -0.4 is 10.1 Å². The molecular weight excluding hydrogens is 466 g/mol. The highest BCUT2D eigenvalue weighted by molar-refractivity contribution is 6.07. The Labute approximate surface area is 215 Å². The molecule has 1 aromatic carbocycles. The van der Waals surface area contributed by atoms with Crippen LogP contribution in [0, 0.1) is 0 Å². The number of fused-ring (bicyclic) bond motifs is 3. The molecule has 0 aliphatic carbocycles. The van der Waals surface area contributed by atoms with E-state index in [0.29, 0.717) is 19.6 Å². The summed E-state index contributed by atoms with van der Waals surface area (Å²) in [7, 11) is 0. The van der Waals surface area contributed by atoms with E-state index < -0.39 is 11.7 Å². The first-order valence-corrected chi connectivity index (χ1v) is 12.2. The zero-order valence-corrected chi connectivity index (χ0v) is 21.1. The molecule has 2 N–H and O–H groups in total. The molecule has 0 aliphatic heterocycles. The van der Waals surface area contributed by atoms with Gasteiger partial charge in [0.25, 0.3) is 0 Å². The van der Waals surface area contributed by atoms with E-state index in [4.69, 9.17) is 9.47 Å².